The number of para-hydroxylation sites is 3. The number of anilines is 2. The molecule has 0 radical (unpaired) electrons. The molecule has 1 fully saturated rings. The number of hydrogen-bond donors (Lipinski definition) is 1. The van der Waals surface area contributed by atoms with Crippen molar-refractivity contribution >= 4 is 23.2 Å². The Kier molecular flexibility index (Phi) is 5.00. The molecule has 0 unspecified atom stereocenters. The molecule has 10 nitrogen and oxygen atoms in total. The average molecular weight is 412 g/mol. The Morgan fingerprint density at radius 3 is 2.20 bits per heavy atom. The van der Waals surface area contributed by atoms with Gasteiger partial charge in [-0.1, -0.05) is 24.3 Å². The molecule has 3 aromatic rings. The summed E-state index contributed by atoms with van der Waals surface area (Å²) in [5.74, 6) is -1.49. The third-order valence-electron chi connectivity index (χ3n) is 4.86. The van der Waals surface area contributed by atoms with Crippen molar-refractivity contribution in [1.82, 2.24) is 15.0 Å². The van der Waals surface area contributed by atoms with Gasteiger partial charge >= 0.3 is 5.97 Å². The molecule has 30 heavy (non-hydrogen) atoms. The Morgan fingerprint density at radius 2 is 1.57 bits per heavy atom. The Balaban J connectivity index is 1.62. The number of benzene rings is 2. The van der Waals surface area contributed by atoms with Gasteiger partial charge in [-0.05, 0) is 18.2 Å². The first-order valence-electron chi connectivity index (χ1n) is 9.14. The molecule has 0 saturated carbocycles. The number of carbonyl (C=O) groups is 1. The Bertz CT molecular complexity index is 1110. The number of aromatic carboxylic acids is 1. The van der Waals surface area contributed by atoms with Gasteiger partial charge in [0.2, 0.25) is 5.69 Å². The molecule has 0 amide bonds. The predicted molar refractivity (Wildman–Crippen MR) is 106 cm³/mol. The van der Waals surface area contributed by atoms with Crippen LogP contribution in [0.25, 0.3) is 5.69 Å². The van der Waals surface area contributed by atoms with Crippen LogP contribution in [0.4, 0.5) is 21.6 Å². The van der Waals surface area contributed by atoms with Gasteiger partial charge in [0.15, 0.2) is 11.5 Å². The maximum absolute atomic E-state index is 14.0. The van der Waals surface area contributed by atoms with Crippen LogP contribution in [0.15, 0.2) is 48.5 Å². The number of carboxylic acids is 1. The lowest BCUT2D eigenvalue weighted by Gasteiger charge is -2.36. The fourth-order valence-corrected chi connectivity index (χ4v) is 3.41. The quantitative estimate of drug-likeness (QED) is 0.501. The van der Waals surface area contributed by atoms with Crippen LogP contribution in [0.2, 0.25) is 0 Å². The van der Waals surface area contributed by atoms with E-state index in [0.29, 0.717) is 31.9 Å². The van der Waals surface area contributed by atoms with E-state index >= 15 is 0 Å². The summed E-state index contributed by atoms with van der Waals surface area (Å²) in [7, 11) is 0. The highest BCUT2D eigenvalue weighted by molar-refractivity contribution is 5.91. The van der Waals surface area contributed by atoms with Gasteiger partial charge in [0, 0.05) is 32.2 Å². The zero-order valence-corrected chi connectivity index (χ0v) is 15.7. The lowest BCUT2D eigenvalue weighted by Crippen LogP contribution is -2.47. The van der Waals surface area contributed by atoms with E-state index in [1.54, 1.807) is 29.2 Å². The monoisotopic (exact) mass is 412 g/mol. The molecule has 0 bridgehead atoms. The second kappa shape index (κ2) is 7.78. The molecule has 2 heterocycles. The minimum atomic E-state index is -1.29. The van der Waals surface area contributed by atoms with Gasteiger partial charge in [0.25, 0.3) is 5.69 Å². The van der Waals surface area contributed by atoms with Gasteiger partial charge in [0.1, 0.15) is 5.82 Å². The minimum absolute atomic E-state index is 0.0706. The molecule has 4 rings (SSSR count). The molecule has 1 aliphatic heterocycles. The molecule has 2 aromatic carbocycles. The van der Waals surface area contributed by atoms with Crippen molar-refractivity contribution in [1.29, 1.82) is 0 Å². The number of aromatic nitrogens is 3. The van der Waals surface area contributed by atoms with Gasteiger partial charge in [-0.15, -0.1) is 15.0 Å². The highest BCUT2D eigenvalue weighted by Gasteiger charge is 2.28. The fourth-order valence-electron chi connectivity index (χ4n) is 3.41. The minimum Gasteiger partial charge on any atom is -0.476 e. The van der Waals surface area contributed by atoms with Gasteiger partial charge < -0.3 is 14.9 Å². The second-order valence-electron chi connectivity index (χ2n) is 6.64. The number of nitro groups is 1. The molecular formula is C19H17FN6O4. The maximum Gasteiger partial charge on any atom is 0.360 e. The first-order chi connectivity index (χ1) is 14.5. The van der Waals surface area contributed by atoms with E-state index in [9.17, 15) is 24.4 Å². The maximum atomic E-state index is 14.0. The van der Waals surface area contributed by atoms with Gasteiger partial charge in [0.05, 0.1) is 10.6 Å². The molecule has 11 heteroatoms. The average Bonchev–Trinajstić information content (AvgIpc) is 3.20. The summed E-state index contributed by atoms with van der Waals surface area (Å²) >= 11 is 0. The summed E-state index contributed by atoms with van der Waals surface area (Å²) in [6.07, 6.45) is 0. The zero-order chi connectivity index (χ0) is 21.3. The van der Waals surface area contributed by atoms with E-state index in [1.165, 1.54) is 24.3 Å². The van der Waals surface area contributed by atoms with Crippen molar-refractivity contribution in [3.8, 4) is 5.69 Å². The molecule has 1 saturated heterocycles. The van der Waals surface area contributed by atoms with E-state index in [4.69, 9.17) is 0 Å². The van der Waals surface area contributed by atoms with Crippen LogP contribution >= 0.6 is 0 Å². The van der Waals surface area contributed by atoms with Crippen LogP contribution in [0.5, 0.6) is 0 Å². The topological polar surface area (TPSA) is 118 Å². The number of rotatable bonds is 5. The molecule has 1 aromatic heterocycles. The summed E-state index contributed by atoms with van der Waals surface area (Å²) in [5.41, 5.74) is 0.0215. The summed E-state index contributed by atoms with van der Waals surface area (Å²) in [4.78, 5) is 27.0. The Morgan fingerprint density at radius 1 is 0.967 bits per heavy atom. The third kappa shape index (κ3) is 3.52. The molecule has 0 spiro atoms. The first-order valence-corrected chi connectivity index (χ1v) is 9.14. The number of carboxylic acid groups (broad SMARTS) is 1. The van der Waals surface area contributed by atoms with E-state index < -0.39 is 10.9 Å². The van der Waals surface area contributed by atoms with Crippen LogP contribution in [0, 0.1) is 15.9 Å². The van der Waals surface area contributed by atoms with Crippen molar-refractivity contribution in [2.24, 2.45) is 0 Å². The summed E-state index contributed by atoms with van der Waals surface area (Å²) in [6, 6.07) is 12.3. The lowest BCUT2D eigenvalue weighted by atomic mass is 10.2. The summed E-state index contributed by atoms with van der Waals surface area (Å²) in [5, 5.41) is 29.1. The lowest BCUT2D eigenvalue weighted by molar-refractivity contribution is -0.384. The van der Waals surface area contributed by atoms with Crippen LogP contribution in [-0.4, -0.2) is 57.2 Å². The number of hydrogen-bond acceptors (Lipinski definition) is 7. The molecular weight excluding hydrogens is 395 g/mol. The highest BCUT2D eigenvalue weighted by atomic mass is 19.1. The predicted octanol–water partition coefficient (Wildman–Crippen LogP) is 2.34. The normalized spacial score (nSPS) is 14.0. The highest BCUT2D eigenvalue weighted by Crippen LogP contribution is 2.26. The third-order valence-corrected chi connectivity index (χ3v) is 4.86. The number of nitro benzene ring substituents is 1. The summed E-state index contributed by atoms with van der Waals surface area (Å²) in [6.45, 7) is 1.70. The van der Waals surface area contributed by atoms with Crippen LogP contribution in [-0.2, 0) is 0 Å². The Labute approximate surface area is 169 Å². The number of piperazine rings is 1. The van der Waals surface area contributed by atoms with E-state index in [-0.39, 0.29) is 28.7 Å². The van der Waals surface area contributed by atoms with Crippen molar-refractivity contribution in [2.45, 2.75) is 0 Å². The Hall–Kier alpha value is -4.02. The second-order valence-corrected chi connectivity index (χ2v) is 6.64. The zero-order valence-electron chi connectivity index (χ0n) is 15.7. The van der Waals surface area contributed by atoms with E-state index in [2.05, 4.69) is 10.2 Å². The fraction of sp³-hybridized carbons (Fsp3) is 0.211. The molecule has 0 atom stereocenters. The van der Waals surface area contributed by atoms with Crippen LogP contribution in [0.1, 0.15) is 10.5 Å². The number of halogens is 1. The van der Waals surface area contributed by atoms with E-state index in [1.807, 2.05) is 4.90 Å². The van der Waals surface area contributed by atoms with Crippen molar-refractivity contribution in [2.75, 3.05) is 36.0 Å². The van der Waals surface area contributed by atoms with Crippen molar-refractivity contribution in [3.63, 3.8) is 0 Å². The number of nitrogens with zero attached hydrogens (tertiary/aromatic N) is 6. The van der Waals surface area contributed by atoms with Crippen LogP contribution < -0.4 is 9.80 Å². The molecule has 1 aliphatic rings. The largest absolute Gasteiger partial charge is 0.476 e. The molecule has 1 N–H and O–H groups in total. The van der Waals surface area contributed by atoms with Crippen LogP contribution in [0.3, 0.4) is 0 Å². The summed E-state index contributed by atoms with van der Waals surface area (Å²) < 4.78 is 14.0. The standard InChI is InChI=1S/C19H17FN6O4/c20-13-5-1-2-6-14(13)23-9-11-24(12-10-23)18-17(19(27)28)21-25(22-18)15-7-3-4-8-16(15)26(29)30/h1-8H,9-12H2,(H,27,28). The van der Waals surface area contributed by atoms with E-state index in [0.717, 1.165) is 4.80 Å². The van der Waals surface area contributed by atoms with Crippen molar-refractivity contribution in [3.05, 3.63) is 70.2 Å². The molecule has 154 valence electrons. The van der Waals surface area contributed by atoms with Crippen molar-refractivity contribution < 1.29 is 19.2 Å². The van der Waals surface area contributed by atoms with Gasteiger partial charge in [-0.25, -0.2) is 9.18 Å². The SMILES string of the molecule is O=C(O)c1nn(-c2ccccc2[N+](=O)[O-])nc1N1CCN(c2ccccc2F)CC1. The van der Waals surface area contributed by atoms with Gasteiger partial charge in [-0.2, -0.15) is 0 Å². The smallest absolute Gasteiger partial charge is 0.360 e. The first kappa shape index (κ1) is 19.3. The van der Waals surface area contributed by atoms with Gasteiger partial charge in [-0.3, -0.25) is 10.1 Å². The molecule has 0 aliphatic carbocycles.